The van der Waals surface area contributed by atoms with E-state index in [0.717, 1.165) is 11.1 Å². The molecule has 2 aromatic heterocycles. The van der Waals surface area contributed by atoms with E-state index in [9.17, 15) is 19.8 Å². The summed E-state index contributed by atoms with van der Waals surface area (Å²) in [7, 11) is 0. The zero-order chi connectivity index (χ0) is 26.2. The second-order valence-electron chi connectivity index (χ2n) is 7.31. The van der Waals surface area contributed by atoms with Gasteiger partial charge in [0, 0.05) is 10.8 Å². The SMILES string of the molecule is CC.CC.O=C(O)c1cc(-c2ccccc2)c2ccc3c(-c4ccccc4)cc(C(=O)O)nc3c2n1. The summed E-state index contributed by atoms with van der Waals surface area (Å²) in [5.41, 5.74) is 3.49. The van der Waals surface area contributed by atoms with Crippen LogP contribution in [0, 0.1) is 0 Å². The van der Waals surface area contributed by atoms with Crippen molar-refractivity contribution < 1.29 is 19.8 Å². The van der Waals surface area contributed by atoms with Crippen LogP contribution in [0.3, 0.4) is 0 Å². The molecule has 0 radical (unpaired) electrons. The van der Waals surface area contributed by atoms with Crippen molar-refractivity contribution in [2.75, 3.05) is 0 Å². The van der Waals surface area contributed by atoms with Crippen molar-refractivity contribution >= 4 is 33.7 Å². The van der Waals surface area contributed by atoms with Gasteiger partial charge in [0.1, 0.15) is 11.4 Å². The van der Waals surface area contributed by atoms with Crippen molar-refractivity contribution in [1.29, 1.82) is 0 Å². The Morgan fingerprint density at radius 2 is 0.889 bits per heavy atom. The van der Waals surface area contributed by atoms with Gasteiger partial charge in [0.15, 0.2) is 0 Å². The number of carbonyl (C=O) groups is 2. The van der Waals surface area contributed by atoms with Gasteiger partial charge in [-0.05, 0) is 34.4 Å². The molecule has 36 heavy (non-hydrogen) atoms. The lowest BCUT2D eigenvalue weighted by atomic mass is 9.95. The maximum absolute atomic E-state index is 11.9. The van der Waals surface area contributed by atoms with Gasteiger partial charge < -0.3 is 10.2 Å². The van der Waals surface area contributed by atoms with Gasteiger partial charge in [-0.25, -0.2) is 19.6 Å². The van der Waals surface area contributed by atoms with E-state index in [1.807, 2.05) is 100 Å². The summed E-state index contributed by atoms with van der Waals surface area (Å²) in [6.07, 6.45) is 0. The fourth-order valence-electron chi connectivity index (χ4n) is 3.91. The third-order valence-electron chi connectivity index (χ3n) is 5.37. The number of rotatable bonds is 4. The smallest absolute Gasteiger partial charge is 0.354 e. The number of aromatic nitrogens is 2. The highest BCUT2D eigenvalue weighted by Crippen LogP contribution is 2.36. The van der Waals surface area contributed by atoms with Crippen molar-refractivity contribution in [3.8, 4) is 22.3 Å². The Bertz CT molecular complexity index is 1400. The third kappa shape index (κ3) is 5.08. The molecule has 6 heteroatoms. The van der Waals surface area contributed by atoms with E-state index in [1.165, 1.54) is 12.1 Å². The summed E-state index contributed by atoms with van der Waals surface area (Å²) in [5, 5.41) is 20.8. The number of fused-ring (bicyclic) bond motifs is 3. The normalized spacial score (nSPS) is 10.1. The molecule has 0 saturated heterocycles. The summed E-state index contributed by atoms with van der Waals surface area (Å²) >= 11 is 0. The fourth-order valence-corrected chi connectivity index (χ4v) is 3.91. The van der Waals surface area contributed by atoms with Crippen LogP contribution < -0.4 is 0 Å². The second-order valence-corrected chi connectivity index (χ2v) is 7.31. The summed E-state index contributed by atoms with van der Waals surface area (Å²) < 4.78 is 0. The Labute approximate surface area is 209 Å². The number of nitrogens with zero attached hydrogens (tertiary/aromatic N) is 2. The minimum absolute atomic E-state index is 0.132. The van der Waals surface area contributed by atoms with E-state index < -0.39 is 11.9 Å². The first-order chi connectivity index (χ1) is 17.5. The summed E-state index contributed by atoms with van der Waals surface area (Å²) in [6, 6.07) is 25.6. The van der Waals surface area contributed by atoms with E-state index in [2.05, 4.69) is 9.97 Å². The Morgan fingerprint density at radius 3 is 1.19 bits per heavy atom. The van der Waals surface area contributed by atoms with Crippen molar-refractivity contribution in [2.24, 2.45) is 0 Å². The molecule has 5 aromatic rings. The van der Waals surface area contributed by atoms with Crippen LogP contribution in [0.25, 0.3) is 44.1 Å². The molecule has 0 aliphatic heterocycles. The van der Waals surface area contributed by atoms with Gasteiger partial charge in [0.05, 0.1) is 11.0 Å². The molecule has 2 heterocycles. The minimum atomic E-state index is -1.17. The van der Waals surface area contributed by atoms with Crippen LogP contribution in [0.4, 0.5) is 0 Å². The molecule has 6 nitrogen and oxygen atoms in total. The number of hydrogen-bond donors (Lipinski definition) is 2. The van der Waals surface area contributed by atoms with E-state index >= 15 is 0 Å². The lowest BCUT2D eigenvalue weighted by molar-refractivity contribution is 0.0680. The van der Waals surface area contributed by atoms with Gasteiger partial charge in [-0.1, -0.05) is 100 Å². The monoisotopic (exact) mass is 480 g/mol. The number of pyridine rings is 2. The molecule has 0 aliphatic rings. The first-order valence-corrected chi connectivity index (χ1v) is 11.9. The Balaban J connectivity index is 0.000000861. The largest absolute Gasteiger partial charge is 0.477 e. The second kappa shape index (κ2) is 11.7. The van der Waals surface area contributed by atoms with Gasteiger partial charge in [0.25, 0.3) is 0 Å². The van der Waals surface area contributed by atoms with Gasteiger partial charge >= 0.3 is 11.9 Å². The Hall–Kier alpha value is -4.58. The number of carboxylic acids is 2. The zero-order valence-electron chi connectivity index (χ0n) is 20.7. The predicted molar refractivity (Wildman–Crippen MR) is 145 cm³/mol. The van der Waals surface area contributed by atoms with E-state index in [0.29, 0.717) is 32.9 Å². The van der Waals surface area contributed by atoms with E-state index in [4.69, 9.17) is 0 Å². The highest BCUT2D eigenvalue weighted by atomic mass is 16.4. The standard InChI is InChI=1S/C26H16N2O4.2C2H6/c29-25(30)21-13-19(15-7-3-1-4-8-15)17-11-12-18-20(16-9-5-2-6-10-16)14-22(26(31)32)28-24(18)23(17)27-21;2*1-2/h1-14H,(H,29,30)(H,31,32);2*1-2H3. The van der Waals surface area contributed by atoms with Crippen LogP contribution in [0.15, 0.2) is 84.9 Å². The molecular formula is C30H28N2O4. The van der Waals surface area contributed by atoms with E-state index in [1.54, 1.807) is 0 Å². The molecule has 0 aliphatic carbocycles. The molecular weight excluding hydrogens is 452 g/mol. The minimum Gasteiger partial charge on any atom is -0.477 e. The molecule has 0 atom stereocenters. The summed E-state index contributed by atoms with van der Waals surface area (Å²) in [6.45, 7) is 8.00. The van der Waals surface area contributed by atoms with Crippen molar-refractivity contribution in [1.82, 2.24) is 9.97 Å². The molecule has 0 saturated carbocycles. The number of benzene rings is 3. The molecule has 0 spiro atoms. The first-order valence-electron chi connectivity index (χ1n) is 11.9. The first kappa shape index (κ1) is 26.0. The van der Waals surface area contributed by atoms with Gasteiger partial charge in [-0.3, -0.25) is 0 Å². The number of carboxylic acid groups (broad SMARTS) is 2. The number of aromatic carboxylic acids is 2. The van der Waals surface area contributed by atoms with Crippen LogP contribution in [0.1, 0.15) is 48.7 Å². The Kier molecular flexibility index (Phi) is 8.47. The van der Waals surface area contributed by atoms with Crippen LogP contribution >= 0.6 is 0 Å². The molecule has 5 rings (SSSR count). The molecule has 182 valence electrons. The average molecular weight is 481 g/mol. The van der Waals surface area contributed by atoms with Crippen LogP contribution in [0.2, 0.25) is 0 Å². The molecule has 0 unspecified atom stereocenters. The van der Waals surface area contributed by atoms with Crippen LogP contribution in [0.5, 0.6) is 0 Å². The quantitative estimate of drug-likeness (QED) is 0.257. The third-order valence-corrected chi connectivity index (χ3v) is 5.37. The van der Waals surface area contributed by atoms with Crippen molar-refractivity contribution in [2.45, 2.75) is 27.7 Å². The van der Waals surface area contributed by atoms with Crippen molar-refractivity contribution in [3.05, 3.63) is 96.3 Å². The molecule has 3 aromatic carbocycles. The fraction of sp³-hybridized carbons (Fsp3) is 0.133. The lowest BCUT2D eigenvalue weighted by Gasteiger charge is -2.13. The summed E-state index contributed by atoms with van der Waals surface area (Å²) in [5.74, 6) is -2.34. The van der Waals surface area contributed by atoms with Crippen molar-refractivity contribution in [3.63, 3.8) is 0 Å². The van der Waals surface area contributed by atoms with Crippen LogP contribution in [-0.2, 0) is 0 Å². The average Bonchev–Trinajstić information content (AvgIpc) is 2.94. The summed E-state index contributed by atoms with van der Waals surface area (Å²) in [4.78, 5) is 32.4. The lowest BCUT2D eigenvalue weighted by Crippen LogP contribution is -2.05. The Morgan fingerprint density at radius 1 is 0.556 bits per heavy atom. The molecule has 0 bridgehead atoms. The topological polar surface area (TPSA) is 100 Å². The number of hydrogen-bond acceptors (Lipinski definition) is 4. The molecule has 0 amide bonds. The maximum Gasteiger partial charge on any atom is 0.354 e. The maximum atomic E-state index is 11.9. The highest BCUT2D eigenvalue weighted by molar-refractivity contribution is 6.14. The molecule has 0 fully saturated rings. The van der Waals surface area contributed by atoms with Crippen LogP contribution in [-0.4, -0.2) is 32.1 Å². The molecule has 2 N–H and O–H groups in total. The highest BCUT2D eigenvalue weighted by Gasteiger charge is 2.19. The van der Waals surface area contributed by atoms with E-state index in [-0.39, 0.29) is 11.4 Å². The zero-order valence-corrected chi connectivity index (χ0v) is 20.7. The van der Waals surface area contributed by atoms with Gasteiger partial charge in [0.2, 0.25) is 0 Å². The van der Waals surface area contributed by atoms with Gasteiger partial charge in [-0.2, -0.15) is 0 Å². The predicted octanol–water partition coefficient (Wildman–Crippen LogP) is 7.57. The van der Waals surface area contributed by atoms with Gasteiger partial charge in [-0.15, -0.1) is 0 Å².